The summed E-state index contributed by atoms with van der Waals surface area (Å²) in [5.41, 5.74) is 7.12. The minimum atomic E-state index is -0.520. The number of rotatable bonds is 3. The van der Waals surface area contributed by atoms with E-state index < -0.39 is 11.9 Å². The molecule has 0 saturated carbocycles. The van der Waals surface area contributed by atoms with Crippen LogP contribution in [0, 0.1) is 0 Å². The van der Waals surface area contributed by atoms with Crippen molar-refractivity contribution >= 4 is 39.2 Å². The number of para-hydroxylation sites is 1. The average Bonchev–Trinajstić information content (AvgIpc) is 2.49. The highest BCUT2D eigenvalue weighted by Gasteiger charge is 2.15. The Labute approximate surface area is 130 Å². The van der Waals surface area contributed by atoms with Crippen LogP contribution in [0.2, 0.25) is 0 Å². The molecular formula is C15H13BrN2O3. The summed E-state index contributed by atoms with van der Waals surface area (Å²) in [4.78, 5) is 24.0. The van der Waals surface area contributed by atoms with Crippen molar-refractivity contribution in [3.8, 4) is 0 Å². The third kappa shape index (κ3) is 3.41. The molecule has 1 amide bonds. The fraction of sp³-hybridized carbons (Fsp3) is 0.0667. The lowest BCUT2D eigenvalue weighted by Gasteiger charge is -2.11. The van der Waals surface area contributed by atoms with Crippen molar-refractivity contribution in [2.75, 3.05) is 18.2 Å². The largest absolute Gasteiger partial charge is 0.465 e. The number of ether oxygens (including phenoxy) is 1. The molecule has 108 valence electrons. The maximum atomic E-state index is 12.3. The number of esters is 1. The van der Waals surface area contributed by atoms with Crippen LogP contribution in [0.15, 0.2) is 46.9 Å². The topological polar surface area (TPSA) is 81.4 Å². The SMILES string of the molecule is COC(=O)c1ccccc1NC(=O)c1cc(Br)ccc1N. The van der Waals surface area contributed by atoms with Gasteiger partial charge >= 0.3 is 5.97 Å². The second-order valence-electron chi connectivity index (χ2n) is 4.22. The smallest absolute Gasteiger partial charge is 0.339 e. The second-order valence-corrected chi connectivity index (χ2v) is 5.14. The summed E-state index contributed by atoms with van der Waals surface area (Å²) in [6.07, 6.45) is 0. The normalized spacial score (nSPS) is 10.0. The van der Waals surface area contributed by atoms with Gasteiger partial charge in [-0.15, -0.1) is 0 Å². The maximum absolute atomic E-state index is 12.3. The minimum Gasteiger partial charge on any atom is -0.465 e. The first kappa shape index (κ1) is 15.1. The Bertz CT molecular complexity index is 701. The summed E-state index contributed by atoms with van der Waals surface area (Å²) in [7, 11) is 1.28. The lowest BCUT2D eigenvalue weighted by molar-refractivity contribution is 0.0602. The lowest BCUT2D eigenvalue weighted by atomic mass is 10.1. The van der Waals surface area contributed by atoms with Crippen LogP contribution in [0.25, 0.3) is 0 Å². The summed E-state index contributed by atoms with van der Waals surface area (Å²) in [6, 6.07) is 11.6. The molecule has 0 saturated heterocycles. The number of carbonyl (C=O) groups is 2. The summed E-state index contributed by atoms with van der Waals surface area (Å²) in [5, 5.41) is 2.67. The number of amides is 1. The highest BCUT2D eigenvalue weighted by Crippen LogP contribution is 2.21. The molecule has 0 aliphatic heterocycles. The van der Waals surface area contributed by atoms with Crippen LogP contribution < -0.4 is 11.1 Å². The first-order chi connectivity index (χ1) is 10.0. The van der Waals surface area contributed by atoms with E-state index in [1.807, 2.05) is 0 Å². The molecule has 0 heterocycles. The first-order valence-electron chi connectivity index (χ1n) is 6.06. The van der Waals surface area contributed by atoms with Crippen molar-refractivity contribution < 1.29 is 14.3 Å². The van der Waals surface area contributed by atoms with E-state index in [9.17, 15) is 9.59 Å². The predicted octanol–water partition coefficient (Wildman–Crippen LogP) is 3.07. The number of carbonyl (C=O) groups excluding carboxylic acids is 2. The third-order valence-corrected chi connectivity index (χ3v) is 3.33. The van der Waals surface area contributed by atoms with Gasteiger partial charge in [-0.1, -0.05) is 28.1 Å². The zero-order valence-corrected chi connectivity index (χ0v) is 12.8. The molecule has 6 heteroatoms. The summed E-state index contributed by atoms with van der Waals surface area (Å²) in [6.45, 7) is 0. The van der Waals surface area contributed by atoms with Gasteiger partial charge in [-0.25, -0.2) is 4.79 Å². The summed E-state index contributed by atoms with van der Waals surface area (Å²) >= 11 is 3.29. The van der Waals surface area contributed by atoms with Crippen LogP contribution in [-0.2, 0) is 4.74 Å². The Balaban J connectivity index is 2.32. The molecule has 0 spiro atoms. The molecule has 3 N–H and O–H groups in total. The van der Waals surface area contributed by atoms with Gasteiger partial charge in [0.2, 0.25) is 0 Å². The number of methoxy groups -OCH3 is 1. The molecule has 0 aliphatic carbocycles. The second kappa shape index (κ2) is 6.41. The van der Waals surface area contributed by atoms with Crippen LogP contribution >= 0.6 is 15.9 Å². The number of halogens is 1. The van der Waals surface area contributed by atoms with Crippen molar-refractivity contribution in [3.63, 3.8) is 0 Å². The van der Waals surface area contributed by atoms with Crippen LogP contribution in [0.3, 0.4) is 0 Å². The van der Waals surface area contributed by atoms with Gasteiger partial charge in [0.1, 0.15) is 0 Å². The van der Waals surface area contributed by atoms with Gasteiger partial charge in [0.05, 0.1) is 23.9 Å². The summed E-state index contributed by atoms with van der Waals surface area (Å²) in [5.74, 6) is -0.918. The molecule has 0 bridgehead atoms. The number of anilines is 2. The lowest BCUT2D eigenvalue weighted by Crippen LogP contribution is -2.16. The van der Waals surface area contributed by atoms with E-state index in [2.05, 4.69) is 26.0 Å². The fourth-order valence-corrected chi connectivity index (χ4v) is 2.16. The number of nitrogens with two attached hydrogens (primary N) is 1. The molecule has 5 nitrogen and oxygen atoms in total. The molecule has 0 aromatic heterocycles. The van der Waals surface area contributed by atoms with Crippen molar-refractivity contribution in [2.24, 2.45) is 0 Å². The van der Waals surface area contributed by atoms with Gasteiger partial charge in [0.15, 0.2) is 0 Å². The molecule has 2 rings (SSSR count). The fourth-order valence-electron chi connectivity index (χ4n) is 1.79. The van der Waals surface area contributed by atoms with Crippen LogP contribution in [0.5, 0.6) is 0 Å². The molecule has 0 atom stereocenters. The van der Waals surface area contributed by atoms with Crippen LogP contribution in [-0.4, -0.2) is 19.0 Å². The first-order valence-corrected chi connectivity index (χ1v) is 6.86. The van der Waals surface area contributed by atoms with Gasteiger partial charge in [-0.2, -0.15) is 0 Å². The summed E-state index contributed by atoms with van der Waals surface area (Å²) < 4.78 is 5.42. The molecule has 0 aliphatic rings. The van der Waals surface area contributed by atoms with E-state index in [0.717, 1.165) is 4.47 Å². The molecule has 2 aromatic rings. The van der Waals surface area contributed by atoms with Gasteiger partial charge in [-0.3, -0.25) is 4.79 Å². The quantitative estimate of drug-likeness (QED) is 0.659. The van der Waals surface area contributed by atoms with Crippen molar-refractivity contribution in [2.45, 2.75) is 0 Å². The number of nitrogen functional groups attached to an aromatic ring is 1. The van der Waals surface area contributed by atoms with Gasteiger partial charge < -0.3 is 15.8 Å². The predicted molar refractivity (Wildman–Crippen MR) is 84.3 cm³/mol. The van der Waals surface area contributed by atoms with E-state index in [1.54, 1.807) is 42.5 Å². The van der Waals surface area contributed by atoms with Crippen LogP contribution in [0.1, 0.15) is 20.7 Å². The average molecular weight is 349 g/mol. The molecule has 0 fully saturated rings. The third-order valence-electron chi connectivity index (χ3n) is 2.84. The van der Waals surface area contributed by atoms with E-state index in [1.165, 1.54) is 7.11 Å². The Kier molecular flexibility index (Phi) is 4.59. The Morgan fingerprint density at radius 1 is 1.14 bits per heavy atom. The van der Waals surface area contributed by atoms with Crippen molar-refractivity contribution in [3.05, 3.63) is 58.1 Å². The van der Waals surface area contributed by atoms with E-state index >= 15 is 0 Å². The van der Waals surface area contributed by atoms with Gasteiger partial charge in [-0.05, 0) is 30.3 Å². The number of benzene rings is 2. The van der Waals surface area contributed by atoms with Gasteiger partial charge in [0.25, 0.3) is 5.91 Å². The minimum absolute atomic E-state index is 0.280. The number of nitrogens with one attached hydrogen (secondary N) is 1. The van der Waals surface area contributed by atoms with Crippen molar-refractivity contribution in [1.29, 1.82) is 0 Å². The van der Waals surface area contributed by atoms with E-state index in [0.29, 0.717) is 16.9 Å². The monoisotopic (exact) mass is 348 g/mol. The Hall–Kier alpha value is -2.34. The number of hydrogen-bond acceptors (Lipinski definition) is 4. The molecule has 0 radical (unpaired) electrons. The highest BCUT2D eigenvalue weighted by molar-refractivity contribution is 9.10. The molecular weight excluding hydrogens is 336 g/mol. The zero-order valence-electron chi connectivity index (χ0n) is 11.2. The standard InChI is InChI=1S/C15H13BrN2O3/c1-21-15(20)10-4-2-3-5-13(10)18-14(19)11-8-9(16)6-7-12(11)17/h2-8H,17H2,1H3,(H,18,19). The molecule has 0 unspecified atom stereocenters. The van der Waals surface area contributed by atoms with Crippen LogP contribution in [0.4, 0.5) is 11.4 Å². The number of hydrogen-bond donors (Lipinski definition) is 2. The van der Waals surface area contributed by atoms with E-state index in [-0.39, 0.29) is 5.56 Å². The molecule has 2 aromatic carbocycles. The Morgan fingerprint density at radius 2 is 1.86 bits per heavy atom. The van der Waals surface area contributed by atoms with Gasteiger partial charge in [0, 0.05) is 10.2 Å². The highest BCUT2D eigenvalue weighted by atomic mass is 79.9. The Morgan fingerprint density at radius 3 is 2.57 bits per heavy atom. The van der Waals surface area contributed by atoms with E-state index in [4.69, 9.17) is 5.73 Å². The van der Waals surface area contributed by atoms with Crippen molar-refractivity contribution in [1.82, 2.24) is 0 Å². The molecule has 21 heavy (non-hydrogen) atoms. The zero-order chi connectivity index (χ0) is 15.4. The maximum Gasteiger partial charge on any atom is 0.339 e.